The van der Waals surface area contributed by atoms with Crippen molar-refractivity contribution in [3.05, 3.63) is 11.9 Å². The molecule has 2 N–H and O–H groups in total. The molecular formula is C11H18N4O2. The second-order valence-electron chi connectivity index (χ2n) is 4.43. The number of aryl methyl sites for hydroxylation is 1. The van der Waals surface area contributed by atoms with Gasteiger partial charge in [-0.3, -0.25) is 9.48 Å². The van der Waals surface area contributed by atoms with Crippen molar-refractivity contribution in [3.63, 3.8) is 0 Å². The summed E-state index contributed by atoms with van der Waals surface area (Å²) < 4.78 is 7.04. The van der Waals surface area contributed by atoms with Gasteiger partial charge in [-0.1, -0.05) is 0 Å². The van der Waals surface area contributed by atoms with Gasteiger partial charge in [-0.2, -0.15) is 5.10 Å². The zero-order valence-corrected chi connectivity index (χ0v) is 10.2. The third-order valence-electron chi connectivity index (χ3n) is 2.91. The fourth-order valence-corrected chi connectivity index (χ4v) is 2.03. The molecule has 1 saturated heterocycles. The highest BCUT2D eigenvalue weighted by molar-refractivity contribution is 5.96. The monoisotopic (exact) mass is 238 g/mol. The van der Waals surface area contributed by atoms with E-state index in [2.05, 4.69) is 5.10 Å². The van der Waals surface area contributed by atoms with Crippen LogP contribution >= 0.6 is 0 Å². The molecule has 1 unspecified atom stereocenters. The van der Waals surface area contributed by atoms with E-state index in [1.165, 1.54) is 0 Å². The van der Waals surface area contributed by atoms with Gasteiger partial charge < -0.3 is 15.4 Å². The molecule has 0 saturated carbocycles. The molecule has 1 aromatic heterocycles. The van der Waals surface area contributed by atoms with Gasteiger partial charge in [0.1, 0.15) is 0 Å². The molecule has 0 aromatic carbocycles. The molecule has 1 amide bonds. The van der Waals surface area contributed by atoms with Crippen molar-refractivity contribution in [2.24, 2.45) is 7.05 Å². The average molecular weight is 238 g/mol. The summed E-state index contributed by atoms with van der Waals surface area (Å²) in [6, 6.07) is 0. The number of amides is 1. The molecule has 0 bridgehead atoms. The highest BCUT2D eigenvalue weighted by Crippen LogP contribution is 2.15. The molecule has 0 aliphatic carbocycles. The van der Waals surface area contributed by atoms with Crippen LogP contribution < -0.4 is 5.73 Å². The lowest BCUT2D eigenvalue weighted by Crippen LogP contribution is -2.34. The van der Waals surface area contributed by atoms with Crippen molar-refractivity contribution < 1.29 is 9.53 Å². The van der Waals surface area contributed by atoms with Gasteiger partial charge in [0, 0.05) is 33.4 Å². The van der Waals surface area contributed by atoms with Gasteiger partial charge in [0.2, 0.25) is 0 Å². The fourth-order valence-electron chi connectivity index (χ4n) is 2.03. The minimum absolute atomic E-state index is 0.147. The minimum Gasteiger partial charge on any atom is -0.396 e. The highest BCUT2D eigenvalue weighted by atomic mass is 16.5. The standard InChI is InChI=1S/C11H18N4O2/c1-14(6-8-4-3-5-17-8)11(16)10-9(12)7-15(2)13-10/h7-8H,3-6,12H2,1-2H3. The maximum atomic E-state index is 12.1. The van der Waals surface area contributed by atoms with Crippen LogP contribution in [-0.2, 0) is 11.8 Å². The third-order valence-corrected chi connectivity index (χ3v) is 2.91. The Labute approximate surface area is 100 Å². The molecule has 17 heavy (non-hydrogen) atoms. The lowest BCUT2D eigenvalue weighted by atomic mass is 10.2. The number of carbonyl (C=O) groups excluding carboxylic acids is 1. The van der Waals surface area contributed by atoms with Crippen LogP contribution in [0.1, 0.15) is 23.3 Å². The van der Waals surface area contributed by atoms with E-state index in [9.17, 15) is 4.79 Å². The zero-order valence-electron chi connectivity index (χ0n) is 10.2. The van der Waals surface area contributed by atoms with E-state index >= 15 is 0 Å². The average Bonchev–Trinajstić information content (AvgIpc) is 2.87. The number of carbonyl (C=O) groups is 1. The summed E-state index contributed by atoms with van der Waals surface area (Å²) in [4.78, 5) is 13.7. The molecule has 2 heterocycles. The van der Waals surface area contributed by atoms with Gasteiger partial charge in [-0.15, -0.1) is 0 Å². The molecule has 1 aliphatic heterocycles. The van der Waals surface area contributed by atoms with Crippen LogP contribution in [-0.4, -0.2) is 46.9 Å². The van der Waals surface area contributed by atoms with Crippen LogP contribution in [0.3, 0.4) is 0 Å². The molecule has 1 atom stereocenters. The Morgan fingerprint density at radius 1 is 1.76 bits per heavy atom. The quantitative estimate of drug-likeness (QED) is 0.819. The van der Waals surface area contributed by atoms with Crippen molar-refractivity contribution >= 4 is 11.6 Å². The second-order valence-corrected chi connectivity index (χ2v) is 4.43. The molecule has 1 aromatic rings. The van der Waals surface area contributed by atoms with Crippen LogP contribution in [0.4, 0.5) is 5.69 Å². The number of anilines is 1. The van der Waals surface area contributed by atoms with Crippen LogP contribution in [0, 0.1) is 0 Å². The molecule has 94 valence electrons. The van der Waals surface area contributed by atoms with Crippen LogP contribution in [0.5, 0.6) is 0 Å². The first-order valence-corrected chi connectivity index (χ1v) is 5.74. The number of aromatic nitrogens is 2. The molecule has 6 heteroatoms. The Kier molecular flexibility index (Phi) is 3.33. The van der Waals surface area contributed by atoms with Crippen molar-refractivity contribution in [1.29, 1.82) is 0 Å². The number of hydrogen-bond acceptors (Lipinski definition) is 4. The van der Waals surface area contributed by atoms with Gasteiger partial charge in [0.15, 0.2) is 5.69 Å². The number of nitrogen functional groups attached to an aromatic ring is 1. The molecule has 6 nitrogen and oxygen atoms in total. The lowest BCUT2D eigenvalue weighted by molar-refractivity contribution is 0.0583. The van der Waals surface area contributed by atoms with E-state index in [0.29, 0.717) is 17.9 Å². The summed E-state index contributed by atoms with van der Waals surface area (Å²) in [5.41, 5.74) is 6.45. The van der Waals surface area contributed by atoms with Crippen molar-refractivity contribution in [2.75, 3.05) is 25.9 Å². The smallest absolute Gasteiger partial charge is 0.276 e. The summed E-state index contributed by atoms with van der Waals surface area (Å²) >= 11 is 0. The summed E-state index contributed by atoms with van der Waals surface area (Å²) in [7, 11) is 3.49. The number of rotatable bonds is 3. The summed E-state index contributed by atoms with van der Waals surface area (Å²) in [6.45, 7) is 1.38. The minimum atomic E-state index is -0.154. The Hall–Kier alpha value is -1.56. The topological polar surface area (TPSA) is 73.4 Å². The van der Waals surface area contributed by atoms with Crippen LogP contribution in [0.2, 0.25) is 0 Å². The molecule has 0 radical (unpaired) electrons. The van der Waals surface area contributed by atoms with Crippen molar-refractivity contribution in [3.8, 4) is 0 Å². The van der Waals surface area contributed by atoms with Gasteiger partial charge in [0.05, 0.1) is 11.8 Å². The van der Waals surface area contributed by atoms with E-state index in [4.69, 9.17) is 10.5 Å². The number of nitrogens with two attached hydrogens (primary N) is 1. The number of ether oxygens (including phenoxy) is 1. The largest absolute Gasteiger partial charge is 0.396 e. The summed E-state index contributed by atoms with van der Waals surface area (Å²) in [5.74, 6) is -0.154. The second kappa shape index (κ2) is 4.75. The lowest BCUT2D eigenvalue weighted by Gasteiger charge is -2.19. The first kappa shape index (κ1) is 11.9. The SMILES string of the molecule is CN(CC1CCCO1)C(=O)c1nn(C)cc1N. The van der Waals surface area contributed by atoms with Gasteiger partial charge >= 0.3 is 0 Å². The van der Waals surface area contributed by atoms with Crippen molar-refractivity contribution in [2.45, 2.75) is 18.9 Å². The fraction of sp³-hybridized carbons (Fsp3) is 0.636. The Bertz CT molecular complexity index is 410. The molecule has 0 spiro atoms. The number of hydrogen-bond donors (Lipinski definition) is 1. The Morgan fingerprint density at radius 3 is 3.06 bits per heavy atom. The Balaban J connectivity index is 2.01. The Morgan fingerprint density at radius 2 is 2.53 bits per heavy atom. The van der Waals surface area contributed by atoms with E-state index in [-0.39, 0.29) is 12.0 Å². The van der Waals surface area contributed by atoms with Gasteiger partial charge in [-0.25, -0.2) is 0 Å². The maximum Gasteiger partial charge on any atom is 0.276 e. The maximum absolute atomic E-state index is 12.1. The summed E-state index contributed by atoms with van der Waals surface area (Å²) in [5, 5.41) is 4.07. The molecule has 1 fully saturated rings. The summed E-state index contributed by atoms with van der Waals surface area (Å²) in [6.07, 6.45) is 3.86. The predicted octanol–water partition coefficient (Wildman–Crippen LogP) is 0.253. The van der Waals surface area contributed by atoms with Crippen molar-refractivity contribution in [1.82, 2.24) is 14.7 Å². The highest BCUT2D eigenvalue weighted by Gasteiger charge is 2.23. The number of nitrogens with zero attached hydrogens (tertiary/aromatic N) is 3. The third kappa shape index (κ3) is 2.58. The van der Waals surface area contributed by atoms with Gasteiger partial charge in [-0.05, 0) is 12.8 Å². The predicted molar refractivity (Wildman–Crippen MR) is 63.6 cm³/mol. The zero-order chi connectivity index (χ0) is 12.4. The van der Waals surface area contributed by atoms with Crippen LogP contribution in [0.25, 0.3) is 0 Å². The number of likely N-dealkylation sites (N-methyl/N-ethyl adjacent to an activating group) is 1. The van der Waals surface area contributed by atoms with E-state index in [1.807, 2.05) is 0 Å². The first-order valence-electron chi connectivity index (χ1n) is 5.74. The molecule has 2 rings (SSSR count). The van der Waals surface area contributed by atoms with Crippen LogP contribution in [0.15, 0.2) is 6.20 Å². The van der Waals surface area contributed by atoms with E-state index < -0.39 is 0 Å². The molecular weight excluding hydrogens is 220 g/mol. The molecule has 1 aliphatic rings. The van der Waals surface area contributed by atoms with E-state index in [0.717, 1.165) is 19.4 Å². The van der Waals surface area contributed by atoms with Gasteiger partial charge in [0.25, 0.3) is 5.91 Å². The first-order chi connectivity index (χ1) is 8.08. The van der Waals surface area contributed by atoms with E-state index in [1.54, 1.807) is 29.9 Å². The normalized spacial score (nSPS) is 19.5.